The fourth-order valence-corrected chi connectivity index (χ4v) is 2.40. The Kier molecular flexibility index (Phi) is 4.85. The average Bonchev–Trinajstić information content (AvgIpc) is 2.49. The van der Waals surface area contributed by atoms with Crippen molar-refractivity contribution in [2.24, 2.45) is 5.73 Å². The van der Waals surface area contributed by atoms with Crippen molar-refractivity contribution in [1.29, 1.82) is 0 Å². The summed E-state index contributed by atoms with van der Waals surface area (Å²) in [6.45, 7) is 1.96. The number of hydrogen-bond acceptors (Lipinski definition) is 3. The fraction of sp³-hybridized carbons (Fsp3) is 0.250. The summed E-state index contributed by atoms with van der Waals surface area (Å²) in [6.07, 6.45) is 0. The molecule has 0 aliphatic rings. The summed E-state index contributed by atoms with van der Waals surface area (Å²) in [5, 5.41) is 0. The maximum Gasteiger partial charge on any atom is 0.163 e. The first kappa shape index (κ1) is 15.8. The molecule has 2 aromatic rings. The van der Waals surface area contributed by atoms with Crippen LogP contribution in [0.2, 0.25) is 0 Å². The summed E-state index contributed by atoms with van der Waals surface area (Å²) < 4.78 is 25.5. The van der Waals surface area contributed by atoms with Gasteiger partial charge < -0.3 is 15.2 Å². The number of rotatable bonds is 4. The Morgan fingerprint density at radius 2 is 1.71 bits per heavy atom. The predicted molar refractivity (Wildman–Crippen MR) is 84.4 cm³/mol. The molecule has 21 heavy (non-hydrogen) atoms. The lowest BCUT2D eigenvalue weighted by Gasteiger charge is -2.17. The Hall–Kier alpha value is -1.59. The molecule has 0 amide bonds. The van der Waals surface area contributed by atoms with Gasteiger partial charge in [-0.2, -0.15) is 0 Å². The van der Waals surface area contributed by atoms with Gasteiger partial charge in [0.15, 0.2) is 11.5 Å². The van der Waals surface area contributed by atoms with Crippen molar-refractivity contribution in [2.45, 2.75) is 13.0 Å². The minimum atomic E-state index is -0.573. The first-order valence-corrected chi connectivity index (χ1v) is 7.20. The van der Waals surface area contributed by atoms with Crippen LogP contribution in [-0.2, 0) is 0 Å². The molecule has 0 aliphatic carbocycles. The van der Waals surface area contributed by atoms with Crippen LogP contribution in [0.1, 0.15) is 22.7 Å². The largest absolute Gasteiger partial charge is 0.493 e. The minimum Gasteiger partial charge on any atom is -0.493 e. The normalized spacial score (nSPS) is 12.1. The van der Waals surface area contributed by atoms with Crippen LogP contribution in [0, 0.1) is 12.7 Å². The molecule has 0 aliphatic heterocycles. The van der Waals surface area contributed by atoms with Gasteiger partial charge in [-0.15, -0.1) is 0 Å². The lowest BCUT2D eigenvalue weighted by Crippen LogP contribution is -2.14. The summed E-state index contributed by atoms with van der Waals surface area (Å²) in [5.41, 5.74) is 8.45. The van der Waals surface area contributed by atoms with Crippen LogP contribution in [0.5, 0.6) is 11.5 Å². The summed E-state index contributed by atoms with van der Waals surface area (Å²) in [7, 11) is 2.98. The highest BCUT2D eigenvalue weighted by Gasteiger charge is 2.18. The van der Waals surface area contributed by atoms with Crippen LogP contribution >= 0.6 is 15.9 Å². The van der Waals surface area contributed by atoms with E-state index in [-0.39, 0.29) is 0 Å². The average molecular weight is 354 g/mol. The maximum absolute atomic E-state index is 14.2. The molecule has 2 rings (SSSR count). The van der Waals surface area contributed by atoms with Gasteiger partial charge in [0.2, 0.25) is 0 Å². The van der Waals surface area contributed by atoms with Gasteiger partial charge in [-0.3, -0.25) is 0 Å². The van der Waals surface area contributed by atoms with Gasteiger partial charge in [0, 0.05) is 16.1 Å². The van der Waals surface area contributed by atoms with Gasteiger partial charge in [-0.25, -0.2) is 4.39 Å². The first-order chi connectivity index (χ1) is 9.97. The Bertz CT molecular complexity index is 661. The monoisotopic (exact) mass is 353 g/mol. The molecule has 3 nitrogen and oxygen atoms in total. The summed E-state index contributed by atoms with van der Waals surface area (Å²) in [5.74, 6) is 0.386. The number of halogens is 2. The molecule has 5 heteroatoms. The van der Waals surface area contributed by atoms with Crippen molar-refractivity contribution in [3.8, 4) is 11.5 Å². The zero-order valence-electron chi connectivity index (χ0n) is 12.1. The quantitative estimate of drug-likeness (QED) is 0.904. The van der Waals surface area contributed by atoms with E-state index in [4.69, 9.17) is 15.2 Å². The van der Waals surface area contributed by atoms with Crippen molar-refractivity contribution in [3.05, 3.63) is 57.3 Å². The molecule has 0 heterocycles. The van der Waals surface area contributed by atoms with Gasteiger partial charge in [0.1, 0.15) is 5.82 Å². The van der Waals surface area contributed by atoms with Crippen LogP contribution in [0.4, 0.5) is 4.39 Å². The first-order valence-electron chi connectivity index (χ1n) is 6.41. The number of hydrogen-bond donors (Lipinski definition) is 1. The number of nitrogens with two attached hydrogens (primary N) is 1. The van der Waals surface area contributed by atoms with E-state index in [1.54, 1.807) is 6.07 Å². The van der Waals surface area contributed by atoms with Gasteiger partial charge in [0.05, 0.1) is 20.3 Å². The van der Waals surface area contributed by atoms with E-state index in [0.717, 1.165) is 15.6 Å². The van der Waals surface area contributed by atoms with Crippen LogP contribution in [0.3, 0.4) is 0 Å². The van der Waals surface area contributed by atoms with Gasteiger partial charge in [-0.05, 0) is 30.2 Å². The Morgan fingerprint density at radius 1 is 1.10 bits per heavy atom. The SMILES string of the molecule is COc1cc(F)c(C(N)c2ccc(Br)c(C)c2)cc1OC. The molecule has 1 atom stereocenters. The highest BCUT2D eigenvalue weighted by molar-refractivity contribution is 9.10. The summed E-state index contributed by atoms with van der Waals surface area (Å²) in [4.78, 5) is 0. The van der Waals surface area contributed by atoms with E-state index in [2.05, 4.69) is 15.9 Å². The topological polar surface area (TPSA) is 44.5 Å². The lowest BCUT2D eigenvalue weighted by atomic mass is 9.97. The molecule has 1 unspecified atom stereocenters. The molecule has 0 saturated heterocycles. The van der Waals surface area contributed by atoms with E-state index in [0.29, 0.717) is 17.1 Å². The van der Waals surface area contributed by atoms with E-state index in [9.17, 15) is 4.39 Å². The summed E-state index contributed by atoms with van der Waals surface area (Å²) in [6, 6.07) is 8.01. The molecular formula is C16H17BrFNO2. The molecule has 112 valence electrons. The van der Waals surface area contributed by atoms with Gasteiger partial charge >= 0.3 is 0 Å². The van der Waals surface area contributed by atoms with E-state index >= 15 is 0 Å². The third-order valence-electron chi connectivity index (χ3n) is 3.38. The Balaban J connectivity index is 2.47. The Labute approximate surface area is 132 Å². The predicted octanol–water partition coefficient (Wildman–Crippen LogP) is 3.96. The van der Waals surface area contributed by atoms with Crippen molar-refractivity contribution in [3.63, 3.8) is 0 Å². The van der Waals surface area contributed by atoms with E-state index < -0.39 is 11.9 Å². The van der Waals surface area contributed by atoms with Crippen molar-refractivity contribution < 1.29 is 13.9 Å². The third kappa shape index (κ3) is 3.19. The fourth-order valence-electron chi connectivity index (χ4n) is 2.15. The zero-order chi connectivity index (χ0) is 15.6. The molecule has 2 N–H and O–H groups in total. The second kappa shape index (κ2) is 6.45. The van der Waals surface area contributed by atoms with Crippen LogP contribution in [-0.4, -0.2) is 14.2 Å². The van der Waals surface area contributed by atoms with Crippen molar-refractivity contribution in [1.82, 2.24) is 0 Å². The number of benzene rings is 2. The maximum atomic E-state index is 14.2. The van der Waals surface area contributed by atoms with E-state index in [1.807, 2.05) is 25.1 Å². The second-order valence-electron chi connectivity index (χ2n) is 4.71. The minimum absolute atomic E-state index is 0.345. The number of aryl methyl sites for hydroxylation is 1. The van der Waals surface area contributed by atoms with Crippen LogP contribution in [0.15, 0.2) is 34.8 Å². The molecule has 0 radical (unpaired) electrons. The summed E-state index contributed by atoms with van der Waals surface area (Å²) >= 11 is 3.44. The second-order valence-corrected chi connectivity index (χ2v) is 5.57. The highest BCUT2D eigenvalue weighted by atomic mass is 79.9. The molecule has 0 fully saturated rings. The standard InChI is InChI=1S/C16H17BrFNO2/c1-9-6-10(4-5-12(9)17)16(19)11-7-14(20-2)15(21-3)8-13(11)18/h4-8,16H,19H2,1-3H3. The smallest absolute Gasteiger partial charge is 0.163 e. The molecular weight excluding hydrogens is 337 g/mol. The molecule has 0 aromatic heterocycles. The van der Waals surface area contributed by atoms with Gasteiger partial charge in [-0.1, -0.05) is 28.1 Å². The lowest BCUT2D eigenvalue weighted by molar-refractivity contribution is 0.351. The molecule has 0 spiro atoms. The number of ether oxygens (including phenoxy) is 2. The van der Waals surface area contributed by atoms with Crippen LogP contribution < -0.4 is 15.2 Å². The Morgan fingerprint density at radius 3 is 2.29 bits per heavy atom. The molecule has 0 bridgehead atoms. The third-order valence-corrected chi connectivity index (χ3v) is 4.27. The van der Waals surface area contributed by atoms with E-state index in [1.165, 1.54) is 20.3 Å². The van der Waals surface area contributed by atoms with Crippen molar-refractivity contribution >= 4 is 15.9 Å². The molecule has 2 aromatic carbocycles. The van der Waals surface area contributed by atoms with Gasteiger partial charge in [0.25, 0.3) is 0 Å². The van der Waals surface area contributed by atoms with Crippen LogP contribution in [0.25, 0.3) is 0 Å². The zero-order valence-corrected chi connectivity index (χ0v) is 13.7. The van der Waals surface area contributed by atoms with Crippen molar-refractivity contribution in [2.75, 3.05) is 14.2 Å². The molecule has 0 saturated carbocycles. The number of methoxy groups -OCH3 is 2. The highest BCUT2D eigenvalue weighted by Crippen LogP contribution is 2.34.